The highest BCUT2D eigenvalue weighted by Gasteiger charge is 2.25. The fourth-order valence-corrected chi connectivity index (χ4v) is 5.61. The molecule has 0 heterocycles. The van der Waals surface area contributed by atoms with E-state index >= 15 is 0 Å². The van der Waals surface area contributed by atoms with Gasteiger partial charge in [-0.25, -0.2) is 0 Å². The molecule has 3 heteroatoms. The minimum atomic E-state index is -0.648. The highest BCUT2D eigenvalue weighted by Crippen LogP contribution is 2.20. The predicted octanol–water partition coefficient (Wildman–Crippen LogP) is 10.3. The van der Waals surface area contributed by atoms with Crippen LogP contribution in [0.5, 0.6) is 0 Å². The molecule has 0 rings (SSSR count). The largest absolute Gasteiger partial charge is 0.481 e. The molecule has 0 saturated heterocycles. The summed E-state index contributed by atoms with van der Waals surface area (Å²) in [4.78, 5) is 10.5. The van der Waals surface area contributed by atoms with Gasteiger partial charge in [-0.05, 0) is 57.8 Å². The van der Waals surface area contributed by atoms with Crippen molar-refractivity contribution in [2.24, 2.45) is 0 Å². The van der Waals surface area contributed by atoms with E-state index in [4.69, 9.17) is 5.11 Å². The molecule has 0 saturated carbocycles. The first kappa shape index (κ1) is 34.4. The molecule has 210 valence electrons. The molecule has 1 N–H and O–H groups in total. The summed E-state index contributed by atoms with van der Waals surface area (Å²) in [7, 11) is 0. The minimum absolute atomic E-state index is 0.343. The molecule has 0 aliphatic rings. The molecule has 3 nitrogen and oxygen atoms in total. The second kappa shape index (κ2) is 26.5. The van der Waals surface area contributed by atoms with Crippen LogP contribution in [0.2, 0.25) is 0 Å². The highest BCUT2D eigenvalue weighted by atomic mass is 16.4. The Balaban J connectivity index is 4.26. The van der Waals surface area contributed by atoms with Crippen LogP contribution in [0.1, 0.15) is 175 Å². The van der Waals surface area contributed by atoms with E-state index < -0.39 is 5.97 Å². The van der Waals surface area contributed by atoms with Crippen LogP contribution in [0.15, 0.2) is 0 Å². The van der Waals surface area contributed by atoms with Crippen LogP contribution in [0, 0.1) is 0 Å². The predicted molar refractivity (Wildman–Crippen MR) is 155 cm³/mol. The van der Waals surface area contributed by atoms with E-state index in [0.29, 0.717) is 6.42 Å². The molecule has 0 aliphatic carbocycles. The minimum Gasteiger partial charge on any atom is -0.481 e. The van der Waals surface area contributed by atoms with Gasteiger partial charge in [0.2, 0.25) is 0 Å². The van der Waals surface area contributed by atoms with E-state index in [2.05, 4.69) is 20.8 Å². The number of unbranched alkanes of at least 4 members (excludes halogenated alkanes) is 19. The molecule has 0 amide bonds. The zero-order valence-electron chi connectivity index (χ0n) is 24.6. The maximum atomic E-state index is 10.5. The van der Waals surface area contributed by atoms with Crippen LogP contribution >= 0.6 is 0 Å². The van der Waals surface area contributed by atoms with Crippen molar-refractivity contribution in [1.82, 2.24) is 0 Å². The molecule has 0 aromatic heterocycles. The van der Waals surface area contributed by atoms with Crippen molar-refractivity contribution in [2.45, 2.75) is 175 Å². The van der Waals surface area contributed by atoms with Crippen LogP contribution in [0.4, 0.5) is 0 Å². The van der Waals surface area contributed by atoms with Crippen LogP contribution in [0.3, 0.4) is 0 Å². The smallest absolute Gasteiger partial charge is 0.303 e. The van der Waals surface area contributed by atoms with Gasteiger partial charge in [0, 0.05) is 6.42 Å². The molecule has 0 atom stereocenters. The Kier molecular flexibility index (Phi) is 26.1. The highest BCUT2D eigenvalue weighted by molar-refractivity contribution is 5.66. The van der Waals surface area contributed by atoms with Crippen molar-refractivity contribution in [1.29, 1.82) is 0 Å². The molecule has 0 spiro atoms. The Morgan fingerprint density at radius 1 is 0.429 bits per heavy atom. The fourth-order valence-electron chi connectivity index (χ4n) is 5.61. The summed E-state index contributed by atoms with van der Waals surface area (Å²) >= 11 is 0. The SMILES string of the molecule is CCCCCC[N+](CCCCCC)(CCCCCC)CCCCCCCCCCCCCC(=O)O. The molecule has 0 fully saturated rings. The number of rotatable bonds is 29. The molecular weight excluding hydrogens is 430 g/mol. The van der Waals surface area contributed by atoms with Gasteiger partial charge < -0.3 is 9.59 Å². The number of hydrogen-bond acceptors (Lipinski definition) is 1. The van der Waals surface area contributed by atoms with Crippen LogP contribution in [-0.2, 0) is 4.79 Å². The number of hydrogen-bond donors (Lipinski definition) is 1. The number of aliphatic carboxylic acids is 1. The van der Waals surface area contributed by atoms with Gasteiger partial charge in [-0.1, -0.05) is 111 Å². The summed E-state index contributed by atoms with van der Waals surface area (Å²) in [6.07, 6.45) is 31.4. The molecule has 0 unspecified atom stereocenters. The Bertz CT molecular complexity index is 406. The summed E-state index contributed by atoms with van der Waals surface area (Å²) in [5, 5.41) is 8.69. The average molecular weight is 497 g/mol. The molecule has 0 bridgehead atoms. The second-order valence-corrected chi connectivity index (χ2v) is 11.5. The Labute approximate surface area is 221 Å². The zero-order valence-corrected chi connectivity index (χ0v) is 24.6. The summed E-state index contributed by atoms with van der Waals surface area (Å²) in [6, 6.07) is 0. The summed E-state index contributed by atoms with van der Waals surface area (Å²) in [6.45, 7) is 12.7. The Morgan fingerprint density at radius 3 is 0.971 bits per heavy atom. The summed E-state index contributed by atoms with van der Waals surface area (Å²) < 4.78 is 1.43. The van der Waals surface area contributed by atoms with Crippen molar-refractivity contribution >= 4 is 5.97 Å². The van der Waals surface area contributed by atoms with Crippen LogP contribution in [0.25, 0.3) is 0 Å². The van der Waals surface area contributed by atoms with Gasteiger partial charge in [-0.15, -0.1) is 0 Å². The summed E-state index contributed by atoms with van der Waals surface area (Å²) in [5.74, 6) is -0.648. The number of carboxylic acid groups (broad SMARTS) is 1. The van der Waals surface area contributed by atoms with Gasteiger partial charge in [-0.2, -0.15) is 0 Å². The maximum Gasteiger partial charge on any atom is 0.303 e. The lowest BCUT2D eigenvalue weighted by Crippen LogP contribution is -2.50. The quantitative estimate of drug-likeness (QED) is 0.0825. The molecule has 35 heavy (non-hydrogen) atoms. The van der Waals surface area contributed by atoms with E-state index in [1.54, 1.807) is 0 Å². The Morgan fingerprint density at radius 2 is 0.686 bits per heavy atom. The first-order valence-electron chi connectivity index (χ1n) is 16.2. The second-order valence-electron chi connectivity index (χ2n) is 11.5. The van der Waals surface area contributed by atoms with Crippen molar-refractivity contribution in [3.05, 3.63) is 0 Å². The van der Waals surface area contributed by atoms with E-state index in [9.17, 15) is 4.79 Å². The Hall–Kier alpha value is -0.570. The molecule has 0 aliphatic heterocycles. The van der Waals surface area contributed by atoms with Crippen molar-refractivity contribution < 1.29 is 14.4 Å². The van der Waals surface area contributed by atoms with Gasteiger partial charge in [0.1, 0.15) is 0 Å². The van der Waals surface area contributed by atoms with E-state index in [-0.39, 0.29) is 0 Å². The third-order valence-corrected chi connectivity index (χ3v) is 7.98. The lowest BCUT2D eigenvalue weighted by molar-refractivity contribution is -0.929. The number of quaternary nitrogens is 1. The van der Waals surface area contributed by atoms with Gasteiger partial charge in [0.25, 0.3) is 0 Å². The van der Waals surface area contributed by atoms with Gasteiger partial charge in [0.15, 0.2) is 0 Å². The third-order valence-electron chi connectivity index (χ3n) is 7.98. The van der Waals surface area contributed by atoms with Crippen molar-refractivity contribution in [3.63, 3.8) is 0 Å². The lowest BCUT2D eigenvalue weighted by Gasteiger charge is -2.39. The number of nitrogens with zero attached hydrogens (tertiary/aromatic N) is 1. The monoisotopic (exact) mass is 497 g/mol. The standard InChI is InChI=1S/C32H65NO2/c1-4-7-10-23-28-33(29-24-11-8-5-2,30-25-12-9-6-3)31-26-21-19-17-15-13-14-16-18-20-22-27-32(34)35/h4-31H2,1-3H3/p+1. The first-order valence-corrected chi connectivity index (χ1v) is 16.2. The topological polar surface area (TPSA) is 37.3 Å². The lowest BCUT2D eigenvalue weighted by atomic mass is 10.0. The average Bonchev–Trinajstić information content (AvgIpc) is 2.85. The fraction of sp³-hybridized carbons (Fsp3) is 0.969. The maximum absolute atomic E-state index is 10.5. The number of carbonyl (C=O) groups is 1. The third kappa shape index (κ3) is 23.6. The van der Waals surface area contributed by atoms with E-state index in [0.717, 1.165) is 12.8 Å². The van der Waals surface area contributed by atoms with Crippen molar-refractivity contribution in [3.8, 4) is 0 Å². The van der Waals surface area contributed by atoms with Gasteiger partial charge >= 0.3 is 5.97 Å². The molecule has 0 aromatic carbocycles. The zero-order chi connectivity index (χ0) is 25.9. The number of carboxylic acids is 1. The normalized spacial score (nSPS) is 11.9. The van der Waals surface area contributed by atoms with E-state index in [1.165, 1.54) is 165 Å². The molecular formula is C32H66NO2+. The summed E-state index contributed by atoms with van der Waals surface area (Å²) in [5.41, 5.74) is 0. The van der Waals surface area contributed by atoms with E-state index in [1.807, 2.05) is 0 Å². The molecule has 0 aromatic rings. The van der Waals surface area contributed by atoms with Gasteiger partial charge in [-0.3, -0.25) is 4.79 Å². The molecule has 0 radical (unpaired) electrons. The van der Waals surface area contributed by atoms with Gasteiger partial charge in [0.05, 0.1) is 26.2 Å². The van der Waals surface area contributed by atoms with Crippen LogP contribution in [-0.4, -0.2) is 41.7 Å². The van der Waals surface area contributed by atoms with Crippen LogP contribution < -0.4 is 0 Å². The van der Waals surface area contributed by atoms with Crippen molar-refractivity contribution in [2.75, 3.05) is 26.2 Å². The first-order chi connectivity index (χ1) is 17.1.